The maximum atomic E-state index is 5.65. The molecule has 2 rings (SSSR count). The summed E-state index contributed by atoms with van der Waals surface area (Å²) in [5, 5.41) is 14.5. The zero-order valence-corrected chi connectivity index (χ0v) is 10.9. The minimum atomic E-state index is 0.00439. The first-order valence-electron chi connectivity index (χ1n) is 5.82. The van der Waals surface area contributed by atoms with Crippen LogP contribution in [0.1, 0.15) is 11.3 Å². The van der Waals surface area contributed by atoms with Gasteiger partial charge in [0.05, 0.1) is 6.21 Å². The van der Waals surface area contributed by atoms with Gasteiger partial charge in [-0.2, -0.15) is 5.10 Å². The number of nitrogen functional groups attached to an aromatic ring is 1. The van der Waals surface area contributed by atoms with Gasteiger partial charge in [0.15, 0.2) is 17.3 Å². The van der Waals surface area contributed by atoms with E-state index in [1.54, 1.807) is 18.2 Å². The van der Waals surface area contributed by atoms with Gasteiger partial charge in [-0.05, 0) is 28.0 Å². The molecule has 4 N–H and O–H groups in total. The summed E-state index contributed by atoms with van der Waals surface area (Å²) in [6.45, 7) is 0.199. The van der Waals surface area contributed by atoms with Crippen LogP contribution in [0.25, 0.3) is 0 Å². The third-order valence-electron chi connectivity index (χ3n) is 2.31. The lowest BCUT2D eigenvalue weighted by Gasteiger charge is -2.01. The maximum absolute atomic E-state index is 5.65. The van der Waals surface area contributed by atoms with Crippen molar-refractivity contribution in [3.05, 3.63) is 35.5 Å². The number of nitrogens with zero attached hydrogens (tertiary/aromatic N) is 4. The normalized spacial score (nSPS) is 11.5. The van der Waals surface area contributed by atoms with Crippen LogP contribution < -0.4 is 16.2 Å². The number of nitrogens with two attached hydrogens (primary N) is 2. The van der Waals surface area contributed by atoms with E-state index >= 15 is 0 Å². The Kier molecular flexibility index (Phi) is 4.50. The van der Waals surface area contributed by atoms with Gasteiger partial charge in [-0.3, -0.25) is 0 Å². The van der Waals surface area contributed by atoms with E-state index in [4.69, 9.17) is 22.6 Å². The largest absolute Gasteiger partial charge is 0.481 e. The SMILES string of the molecule is C#CCOc1cccc(C=NN=C(N)c2nonc2N)c1. The molecule has 0 bridgehead atoms. The van der Waals surface area contributed by atoms with Crippen LogP contribution in [-0.2, 0) is 0 Å². The number of rotatable bonds is 5. The van der Waals surface area contributed by atoms with Crippen molar-refractivity contribution >= 4 is 17.9 Å². The number of anilines is 1. The van der Waals surface area contributed by atoms with Crippen LogP contribution in [0.2, 0.25) is 0 Å². The van der Waals surface area contributed by atoms with E-state index in [0.717, 1.165) is 5.56 Å². The molecule has 8 nitrogen and oxygen atoms in total. The molecule has 0 aliphatic rings. The molecule has 1 heterocycles. The highest BCUT2D eigenvalue weighted by atomic mass is 16.6. The Labute approximate surface area is 120 Å². The summed E-state index contributed by atoms with van der Waals surface area (Å²) >= 11 is 0. The van der Waals surface area contributed by atoms with Gasteiger partial charge in [0.2, 0.25) is 0 Å². The van der Waals surface area contributed by atoms with Gasteiger partial charge in [0.1, 0.15) is 12.4 Å². The molecule has 0 unspecified atom stereocenters. The molecule has 0 amide bonds. The van der Waals surface area contributed by atoms with Gasteiger partial charge in [0.25, 0.3) is 0 Å². The van der Waals surface area contributed by atoms with Gasteiger partial charge in [-0.1, -0.05) is 18.1 Å². The first-order chi connectivity index (χ1) is 10.2. The van der Waals surface area contributed by atoms with Crippen molar-refractivity contribution in [1.82, 2.24) is 10.3 Å². The number of hydrogen-bond donors (Lipinski definition) is 2. The molecule has 0 aliphatic heterocycles. The number of hydrogen-bond acceptors (Lipinski definition) is 7. The molecule has 0 spiro atoms. The quantitative estimate of drug-likeness (QED) is 0.354. The predicted octanol–water partition coefficient (Wildman–Crippen LogP) is 0.403. The maximum Gasteiger partial charge on any atom is 0.199 e. The second kappa shape index (κ2) is 6.72. The Hall–Kier alpha value is -3.34. The summed E-state index contributed by atoms with van der Waals surface area (Å²) in [5.41, 5.74) is 12.0. The number of benzene rings is 1. The number of terminal acetylenes is 1. The highest BCUT2D eigenvalue weighted by Gasteiger charge is 2.09. The number of ether oxygens (including phenoxy) is 1. The number of amidine groups is 1. The minimum absolute atomic E-state index is 0.00439. The average Bonchev–Trinajstić information content (AvgIpc) is 2.92. The van der Waals surface area contributed by atoms with E-state index < -0.39 is 0 Å². The van der Waals surface area contributed by atoms with Gasteiger partial charge >= 0.3 is 0 Å². The predicted molar refractivity (Wildman–Crippen MR) is 77.8 cm³/mol. The van der Waals surface area contributed by atoms with Crippen LogP contribution in [0.4, 0.5) is 5.82 Å². The molecule has 1 aromatic carbocycles. The molecule has 1 aromatic heterocycles. The third-order valence-corrected chi connectivity index (χ3v) is 2.31. The van der Waals surface area contributed by atoms with Crippen LogP contribution in [0.5, 0.6) is 5.75 Å². The van der Waals surface area contributed by atoms with Crippen molar-refractivity contribution in [1.29, 1.82) is 0 Å². The van der Waals surface area contributed by atoms with E-state index in [1.807, 2.05) is 6.07 Å². The molecule has 0 fully saturated rings. The average molecular weight is 284 g/mol. The third kappa shape index (κ3) is 3.81. The number of aromatic nitrogens is 2. The molecule has 0 saturated carbocycles. The summed E-state index contributed by atoms with van der Waals surface area (Å²) in [6, 6.07) is 7.18. The molecule has 2 aromatic rings. The monoisotopic (exact) mass is 284 g/mol. The van der Waals surface area contributed by atoms with E-state index in [0.29, 0.717) is 5.75 Å². The first kappa shape index (κ1) is 14.1. The van der Waals surface area contributed by atoms with Crippen LogP contribution in [0, 0.1) is 12.3 Å². The van der Waals surface area contributed by atoms with Crippen molar-refractivity contribution in [2.45, 2.75) is 0 Å². The van der Waals surface area contributed by atoms with Gasteiger partial charge in [0, 0.05) is 0 Å². The van der Waals surface area contributed by atoms with Gasteiger partial charge in [-0.15, -0.1) is 11.5 Å². The van der Waals surface area contributed by atoms with Crippen molar-refractivity contribution in [3.8, 4) is 18.1 Å². The Morgan fingerprint density at radius 1 is 1.48 bits per heavy atom. The molecular formula is C13H12N6O2. The summed E-state index contributed by atoms with van der Waals surface area (Å²) < 4.78 is 9.71. The fraction of sp³-hybridized carbons (Fsp3) is 0.0769. The smallest absolute Gasteiger partial charge is 0.199 e. The Balaban J connectivity index is 2.08. The Morgan fingerprint density at radius 2 is 2.33 bits per heavy atom. The lowest BCUT2D eigenvalue weighted by molar-refractivity contribution is 0.308. The second-order valence-corrected chi connectivity index (χ2v) is 3.79. The zero-order valence-electron chi connectivity index (χ0n) is 10.9. The first-order valence-corrected chi connectivity index (χ1v) is 5.82. The minimum Gasteiger partial charge on any atom is -0.481 e. The van der Waals surface area contributed by atoms with E-state index in [1.165, 1.54) is 6.21 Å². The molecule has 0 saturated heterocycles. The fourth-order valence-corrected chi connectivity index (χ4v) is 1.39. The summed E-state index contributed by atoms with van der Waals surface area (Å²) in [5.74, 6) is 3.08. The zero-order chi connectivity index (χ0) is 15.1. The molecule has 0 aliphatic carbocycles. The lowest BCUT2D eigenvalue weighted by atomic mass is 10.2. The molecular weight excluding hydrogens is 272 g/mol. The van der Waals surface area contributed by atoms with E-state index in [2.05, 4.69) is 31.1 Å². The lowest BCUT2D eigenvalue weighted by Crippen LogP contribution is -2.15. The Bertz CT molecular complexity index is 713. The second-order valence-electron chi connectivity index (χ2n) is 3.79. The molecule has 8 heteroatoms. The fourth-order valence-electron chi connectivity index (χ4n) is 1.39. The van der Waals surface area contributed by atoms with Crippen molar-refractivity contribution in [3.63, 3.8) is 0 Å². The summed E-state index contributed by atoms with van der Waals surface area (Å²) in [6.07, 6.45) is 6.62. The van der Waals surface area contributed by atoms with Crippen molar-refractivity contribution in [2.75, 3.05) is 12.3 Å². The topological polar surface area (TPSA) is 125 Å². The van der Waals surface area contributed by atoms with Gasteiger partial charge in [-0.25, -0.2) is 4.63 Å². The van der Waals surface area contributed by atoms with Gasteiger partial charge < -0.3 is 16.2 Å². The van der Waals surface area contributed by atoms with E-state index in [-0.39, 0.29) is 24.0 Å². The molecule has 0 atom stereocenters. The van der Waals surface area contributed by atoms with Crippen molar-refractivity contribution in [2.24, 2.45) is 15.9 Å². The Morgan fingerprint density at radius 3 is 3.05 bits per heavy atom. The highest BCUT2D eigenvalue weighted by Crippen LogP contribution is 2.11. The molecule has 106 valence electrons. The van der Waals surface area contributed by atoms with Crippen molar-refractivity contribution < 1.29 is 9.37 Å². The molecule has 0 radical (unpaired) electrons. The molecule has 21 heavy (non-hydrogen) atoms. The van der Waals surface area contributed by atoms with Crippen LogP contribution >= 0.6 is 0 Å². The standard InChI is InChI=1S/C13H12N6O2/c1-2-6-20-10-5-3-4-9(7-10)8-16-17-12(14)11-13(15)19-21-18-11/h1,3-5,7-8H,6H2,(H2,14,17)(H2,15,19). The highest BCUT2D eigenvalue weighted by molar-refractivity contribution is 5.99. The summed E-state index contributed by atoms with van der Waals surface area (Å²) in [7, 11) is 0. The summed E-state index contributed by atoms with van der Waals surface area (Å²) in [4.78, 5) is 0. The van der Waals surface area contributed by atoms with Crippen LogP contribution in [0.15, 0.2) is 39.1 Å². The van der Waals surface area contributed by atoms with Crippen LogP contribution in [-0.4, -0.2) is 29.0 Å². The van der Waals surface area contributed by atoms with Crippen LogP contribution in [0.3, 0.4) is 0 Å². The van der Waals surface area contributed by atoms with E-state index in [9.17, 15) is 0 Å².